The number of alkyl halides is 2. The molecule has 0 aliphatic heterocycles. The summed E-state index contributed by atoms with van der Waals surface area (Å²) in [5.41, 5.74) is -0.270. The normalized spacial score (nSPS) is 10.3. The minimum atomic E-state index is -3.02. The van der Waals surface area contributed by atoms with Gasteiger partial charge >= 0.3 is 12.6 Å². The van der Waals surface area contributed by atoms with E-state index in [0.29, 0.717) is 0 Å². The number of carbonyl (C=O) groups is 1. The van der Waals surface area contributed by atoms with Crippen LogP contribution in [0.5, 0.6) is 5.88 Å². The zero-order valence-corrected chi connectivity index (χ0v) is 7.33. The predicted octanol–water partition coefficient (Wildman–Crippen LogP) is 2.03. The van der Waals surface area contributed by atoms with Crippen molar-refractivity contribution in [2.45, 2.75) is 6.61 Å². The highest BCUT2D eigenvalue weighted by Crippen LogP contribution is 2.20. The molecule has 7 heteroatoms. The molecule has 0 saturated heterocycles. The van der Waals surface area contributed by atoms with E-state index in [9.17, 15) is 13.6 Å². The van der Waals surface area contributed by atoms with Gasteiger partial charge in [0, 0.05) is 12.3 Å². The van der Waals surface area contributed by atoms with Gasteiger partial charge in [-0.25, -0.2) is 9.78 Å². The first-order valence-electron chi connectivity index (χ1n) is 3.34. The van der Waals surface area contributed by atoms with E-state index >= 15 is 0 Å². The monoisotopic (exact) mass is 223 g/mol. The Balaban J connectivity index is 2.94. The maximum atomic E-state index is 11.7. The Morgan fingerprint density at radius 2 is 2.29 bits per heavy atom. The summed E-state index contributed by atoms with van der Waals surface area (Å²) in [6.07, 6.45) is 0.850. The van der Waals surface area contributed by atoms with E-state index in [1.165, 1.54) is 0 Å². The summed E-state index contributed by atoms with van der Waals surface area (Å²) in [6, 6.07) is 0.914. The number of hydrogen-bond donors (Lipinski definition) is 1. The van der Waals surface area contributed by atoms with Crippen LogP contribution < -0.4 is 4.74 Å². The molecule has 0 bridgehead atoms. The Morgan fingerprint density at radius 3 is 2.71 bits per heavy atom. The number of nitrogens with zero attached hydrogens (tertiary/aromatic N) is 1. The van der Waals surface area contributed by atoms with E-state index in [2.05, 4.69) is 9.72 Å². The van der Waals surface area contributed by atoms with Gasteiger partial charge in [0.1, 0.15) is 0 Å². The molecule has 0 aliphatic carbocycles. The number of ether oxygens (including phenoxy) is 1. The number of carboxylic acid groups (broad SMARTS) is 1. The van der Waals surface area contributed by atoms with Crippen LogP contribution in [0.4, 0.5) is 8.78 Å². The summed E-state index contributed by atoms with van der Waals surface area (Å²) >= 11 is 5.46. The van der Waals surface area contributed by atoms with Crippen molar-refractivity contribution < 1.29 is 23.4 Å². The number of aromatic nitrogens is 1. The van der Waals surface area contributed by atoms with Gasteiger partial charge in [-0.1, -0.05) is 11.6 Å². The smallest absolute Gasteiger partial charge is 0.388 e. The minimum Gasteiger partial charge on any atom is -0.478 e. The largest absolute Gasteiger partial charge is 0.478 e. The molecule has 1 N–H and O–H groups in total. The fourth-order valence-electron chi connectivity index (χ4n) is 0.726. The van der Waals surface area contributed by atoms with Gasteiger partial charge in [-0.05, 0) is 0 Å². The van der Waals surface area contributed by atoms with Crippen molar-refractivity contribution in [3.05, 3.63) is 22.8 Å². The molecule has 0 radical (unpaired) electrons. The third kappa shape index (κ3) is 2.53. The molecule has 1 aromatic heterocycles. The quantitative estimate of drug-likeness (QED) is 0.852. The van der Waals surface area contributed by atoms with Gasteiger partial charge in [-0.2, -0.15) is 8.78 Å². The second-order valence-electron chi connectivity index (χ2n) is 2.19. The molecule has 0 amide bonds. The second-order valence-corrected chi connectivity index (χ2v) is 2.59. The summed E-state index contributed by atoms with van der Waals surface area (Å²) in [7, 11) is 0. The zero-order chi connectivity index (χ0) is 10.7. The van der Waals surface area contributed by atoms with E-state index in [4.69, 9.17) is 16.7 Å². The van der Waals surface area contributed by atoms with Crippen molar-refractivity contribution >= 4 is 17.6 Å². The van der Waals surface area contributed by atoms with Crippen LogP contribution >= 0.6 is 11.6 Å². The Bertz CT molecular complexity index is 359. The first-order chi connectivity index (χ1) is 6.50. The van der Waals surface area contributed by atoms with Crippen LogP contribution in [-0.4, -0.2) is 22.7 Å². The van der Waals surface area contributed by atoms with Gasteiger partial charge < -0.3 is 9.84 Å². The highest BCUT2D eigenvalue weighted by molar-refractivity contribution is 6.33. The number of halogens is 3. The molecule has 0 saturated carbocycles. The number of carboxylic acids is 1. The molecule has 0 aliphatic rings. The maximum absolute atomic E-state index is 11.7. The Labute approximate surface area is 82.1 Å². The van der Waals surface area contributed by atoms with Crippen LogP contribution in [-0.2, 0) is 0 Å². The average molecular weight is 224 g/mol. The van der Waals surface area contributed by atoms with Crippen molar-refractivity contribution in [1.29, 1.82) is 0 Å². The number of hydrogen-bond acceptors (Lipinski definition) is 3. The minimum absolute atomic E-state index is 0.205. The molecule has 0 aromatic carbocycles. The van der Waals surface area contributed by atoms with Crippen LogP contribution in [0.3, 0.4) is 0 Å². The topological polar surface area (TPSA) is 59.4 Å². The summed E-state index contributed by atoms with van der Waals surface area (Å²) in [6.45, 7) is -3.02. The lowest BCUT2D eigenvalue weighted by Crippen LogP contribution is -2.05. The summed E-state index contributed by atoms with van der Waals surface area (Å²) in [4.78, 5) is 13.8. The lowest BCUT2D eigenvalue weighted by atomic mass is 10.3. The standard InChI is InChI=1S/C7H4ClF2NO3/c8-4-1-5(14-7(9)10)11-2-3(4)6(12)13/h1-2,7H,(H,12,13). The number of rotatable bonds is 3. The van der Waals surface area contributed by atoms with Gasteiger partial charge in [-0.3, -0.25) is 0 Å². The first kappa shape index (κ1) is 10.6. The molecule has 1 aromatic rings. The van der Waals surface area contributed by atoms with Gasteiger partial charge in [0.2, 0.25) is 5.88 Å². The van der Waals surface area contributed by atoms with Crippen molar-refractivity contribution in [2.75, 3.05) is 0 Å². The van der Waals surface area contributed by atoms with E-state index in [1.807, 2.05) is 0 Å². The molecule has 14 heavy (non-hydrogen) atoms. The van der Waals surface area contributed by atoms with E-state index in [1.54, 1.807) is 0 Å². The number of pyridine rings is 1. The van der Waals surface area contributed by atoms with Crippen molar-refractivity contribution in [1.82, 2.24) is 4.98 Å². The fraction of sp³-hybridized carbons (Fsp3) is 0.143. The fourth-order valence-corrected chi connectivity index (χ4v) is 0.949. The molecule has 0 atom stereocenters. The lowest BCUT2D eigenvalue weighted by molar-refractivity contribution is -0.0528. The molecule has 0 unspecified atom stereocenters. The average Bonchev–Trinajstić information content (AvgIpc) is 2.01. The summed E-state index contributed by atoms with van der Waals surface area (Å²) in [5, 5.41) is 8.32. The molecule has 1 rings (SSSR count). The predicted molar refractivity (Wildman–Crippen MR) is 42.8 cm³/mol. The highest BCUT2D eigenvalue weighted by Gasteiger charge is 2.12. The third-order valence-corrected chi connectivity index (χ3v) is 1.58. The van der Waals surface area contributed by atoms with Crippen LogP contribution in [0.25, 0.3) is 0 Å². The van der Waals surface area contributed by atoms with Gasteiger partial charge in [0.15, 0.2) is 0 Å². The van der Waals surface area contributed by atoms with Crippen LogP contribution in [0.1, 0.15) is 10.4 Å². The number of aromatic carboxylic acids is 1. The van der Waals surface area contributed by atoms with Gasteiger partial charge in [0.25, 0.3) is 0 Å². The first-order valence-corrected chi connectivity index (χ1v) is 3.72. The molecule has 0 fully saturated rings. The third-order valence-electron chi connectivity index (χ3n) is 1.27. The zero-order valence-electron chi connectivity index (χ0n) is 6.58. The Hall–Kier alpha value is -1.43. The molecule has 1 heterocycles. The Kier molecular flexibility index (Phi) is 3.19. The molecule has 0 spiro atoms. The molecular formula is C7H4ClF2NO3. The molecule has 76 valence electrons. The van der Waals surface area contributed by atoms with E-state index in [-0.39, 0.29) is 10.6 Å². The maximum Gasteiger partial charge on any atom is 0.388 e. The summed E-state index contributed by atoms with van der Waals surface area (Å²) in [5.74, 6) is -1.71. The van der Waals surface area contributed by atoms with E-state index < -0.39 is 18.5 Å². The van der Waals surface area contributed by atoms with Crippen LogP contribution in [0.2, 0.25) is 5.02 Å². The lowest BCUT2D eigenvalue weighted by Gasteiger charge is -2.04. The highest BCUT2D eigenvalue weighted by atomic mass is 35.5. The Morgan fingerprint density at radius 1 is 1.64 bits per heavy atom. The molecule has 4 nitrogen and oxygen atoms in total. The molecular weight excluding hydrogens is 220 g/mol. The van der Waals surface area contributed by atoms with Gasteiger partial charge in [-0.15, -0.1) is 0 Å². The SMILES string of the molecule is O=C(O)c1cnc(OC(F)F)cc1Cl. The van der Waals surface area contributed by atoms with Crippen LogP contribution in [0.15, 0.2) is 12.3 Å². The van der Waals surface area contributed by atoms with Crippen molar-refractivity contribution in [3.63, 3.8) is 0 Å². The second kappa shape index (κ2) is 4.19. The van der Waals surface area contributed by atoms with Crippen molar-refractivity contribution in [3.8, 4) is 5.88 Å². The van der Waals surface area contributed by atoms with Crippen molar-refractivity contribution in [2.24, 2.45) is 0 Å². The summed E-state index contributed by atoms with van der Waals surface area (Å²) < 4.78 is 27.3. The van der Waals surface area contributed by atoms with Crippen LogP contribution in [0, 0.1) is 0 Å². The van der Waals surface area contributed by atoms with Gasteiger partial charge in [0.05, 0.1) is 10.6 Å². The van der Waals surface area contributed by atoms with E-state index in [0.717, 1.165) is 12.3 Å².